The third-order valence-electron chi connectivity index (χ3n) is 2.54. The standard InChI is InChI=1S/C12H14FN5O6/c13-8-2-1-6(17-18-8)10(21)14-3-4-15-12(24)16-7(11(22)23)5-9(19)20/h1-2,7H,3-5H2,(H,14,21)(H,19,20)(H,22,23)(H2,15,16,24)/t7-/m0/s1/i13-1. The summed E-state index contributed by atoms with van der Waals surface area (Å²) in [6.07, 6.45) is -0.775. The minimum atomic E-state index is -1.58. The number of nitrogens with zero attached hydrogens (tertiary/aromatic N) is 2. The van der Waals surface area contributed by atoms with Crippen LogP contribution in [-0.2, 0) is 9.59 Å². The number of rotatable bonds is 8. The number of halogens is 1. The second-order valence-electron chi connectivity index (χ2n) is 4.39. The summed E-state index contributed by atoms with van der Waals surface area (Å²) in [4.78, 5) is 44.3. The molecule has 24 heavy (non-hydrogen) atoms. The Morgan fingerprint density at radius 2 is 1.75 bits per heavy atom. The molecule has 130 valence electrons. The van der Waals surface area contributed by atoms with E-state index < -0.39 is 42.3 Å². The predicted octanol–water partition coefficient (Wildman–Crippen LogP) is -1.43. The lowest BCUT2D eigenvalue weighted by Gasteiger charge is -2.13. The van der Waals surface area contributed by atoms with Gasteiger partial charge in [0.1, 0.15) is 6.04 Å². The van der Waals surface area contributed by atoms with E-state index in [2.05, 4.69) is 20.8 Å². The summed E-state index contributed by atoms with van der Waals surface area (Å²) in [5.41, 5.74) is -0.117. The highest BCUT2D eigenvalue weighted by molar-refractivity contribution is 5.92. The van der Waals surface area contributed by atoms with E-state index in [1.54, 1.807) is 0 Å². The molecule has 3 amide bonds. The first-order chi connectivity index (χ1) is 11.3. The number of carboxylic acids is 2. The fraction of sp³-hybridized carbons (Fsp3) is 0.333. The van der Waals surface area contributed by atoms with E-state index in [4.69, 9.17) is 10.2 Å². The molecule has 0 aliphatic heterocycles. The third kappa shape index (κ3) is 6.64. The highest BCUT2D eigenvalue weighted by Gasteiger charge is 2.22. The summed E-state index contributed by atoms with van der Waals surface area (Å²) < 4.78 is 12.5. The molecule has 0 aliphatic rings. The normalized spacial score (nSPS) is 11.2. The number of hydrogen-bond donors (Lipinski definition) is 5. The van der Waals surface area contributed by atoms with E-state index in [-0.39, 0.29) is 18.8 Å². The number of aliphatic carboxylic acids is 2. The van der Waals surface area contributed by atoms with Gasteiger partial charge in [-0.25, -0.2) is 9.59 Å². The van der Waals surface area contributed by atoms with E-state index in [0.717, 1.165) is 12.1 Å². The van der Waals surface area contributed by atoms with Crippen molar-refractivity contribution >= 4 is 23.9 Å². The number of carboxylic acid groups (broad SMARTS) is 2. The molecule has 12 heteroatoms. The van der Waals surface area contributed by atoms with Crippen LogP contribution in [0.15, 0.2) is 12.1 Å². The average Bonchev–Trinajstić information content (AvgIpc) is 2.50. The van der Waals surface area contributed by atoms with Gasteiger partial charge in [-0.3, -0.25) is 9.59 Å². The third-order valence-corrected chi connectivity index (χ3v) is 2.54. The molecule has 0 unspecified atom stereocenters. The van der Waals surface area contributed by atoms with E-state index in [9.17, 15) is 23.6 Å². The van der Waals surface area contributed by atoms with Crippen molar-refractivity contribution in [3.05, 3.63) is 23.8 Å². The monoisotopic (exact) mass is 342 g/mol. The van der Waals surface area contributed by atoms with Crippen LogP contribution in [0.3, 0.4) is 0 Å². The lowest BCUT2D eigenvalue weighted by Crippen LogP contribution is -2.48. The number of amides is 3. The summed E-state index contributed by atoms with van der Waals surface area (Å²) in [5.74, 6) is -4.34. The molecule has 1 aromatic heterocycles. The molecule has 1 aromatic rings. The highest BCUT2D eigenvalue weighted by atomic mass is 18.2. The summed E-state index contributed by atoms with van der Waals surface area (Å²) >= 11 is 0. The van der Waals surface area contributed by atoms with Crippen LogP contribution >= 0.6 is 0 Å². The topological polar surface area (TPSA) is 171 Å². The molecule has 0 spiro atoms. The summed E-state index contributed by atoms with van der Waals surface area (Å²) in [6, 6.07) is -0.394. The number of carbonyl (C=O) groups is 4. The van der Waals surface area contributed by atoms with Crippen LogP contribution in [0.1, 0.15) is 16.9 Å². The number of urea groups is 1. The van der Waals surface area contributed by atoms with Crippen LogP contribution in [0.25, 0.3) is 0 Å². The Hall–Kier alpha value is -3.31. The van der Waals surface area contributed by atoms with Gasteiger partial charge in [-0.15, -0.1) is 10.2 Å². The van der Waals surface area contributed by atoms with Gasteiger partial charge in [-0.2, -0.15) is 4.39 Å². The molecular weight excluding hydrogens is 328 g/mol. The molecule has 0 bridgehead atoms. The zero-order valence-electron chi connectivity index (χ0n) is 12.2. The van der Waals surface area contributed by atoms with Crippen molar-refractivity contribution in [2.45, 2.75) is 12.5 Å². The van der Waals surface area contributed by atoms with Crippen LogP contribution in [0.4, 0.5) is 9.18 Å². The van der Waals surface area contributed by atoms with Crippen LogP contribution in [-0.4, -0.2) is 63.4 Å². The van der Waals surface area contributed by atoms with E-state index in [1.165, 1.54) is 0 Å². The van der Waals surface area contributed by atoms with Gasteiger partial charge >= 0.3 is 18.0 Å². The molecule has 11 nitrogen and oxygen atoms in total. The molecular formula is C12H14FN5O6. The fourth-order valence-electron chi connectivity index (χ4n) is 1.46. The number of nitrogens with one attached hydrogen (secondary N) is 3. The summed E-state index contributed by atoms with van der Waals surface area (Å²) in [5, 5.41) is 30.2. The van der Waals surface area contributed by atoms with Crippen LogP contribution in [0, 0.1) is 5.95 Å². The fourth-order valence-corrected chi connectivity index (χ4v) is 1.46. The molecule has 0 aromatic carbocycles. The number of hydrogen-bond acceptors (Lipinski definition) is 6. The molecule has 1 rings (SSSR count). The maximum absolute atomic E-state index is 12.5. The Morgan fingerprint density at radius 1 is 1.08 bits per heavy atom. The molecule has 1 atom stereocenters. The van der Waals surface area contributed by atoms with Crippen molar-refractivity contribution in [1.82, 2.24) is 26.1 Å². The lowest BCUT2D eigenvalue weighted by molar-refractivity contribution is -0.145. The van der Waals surface area contributed by atoms with Gasteiger partial charge in [0, 0.05) is 13.1 Å². The zero-order valence-corrected chi connectivity index (χ0v) is 12.2. The van der Waals surface area contributed by atoms with Crippen molar-refractivity contribution in [3.63, 3.8) is 0 Å². The van der Waals surface area contributed by atoms with E-state index >= 15 is 0 Å². The molecule has 0 saturated carbocycles. The Labute approximate surface area is 134 Å². The number of carbonyl (C=O) groups excluding carboxylic acids is 2. The Morgan fingerprint density at radius 3 is 2.29 bits per heavy atom. The molecule has 0 saturated heterocycles. The van der Waals surface area contributed by atoms with Crippen molar-refractivity contribution in [1.29, 1.82) is 0 Å². The van der Waals surface area contributed by atoms with Crippen LogP contribution < -0.4 is 16.0 Å². The predicted molar refractivity (Wildman–Crippen MR) is 74.5 cm³/mol. The Kier molecular flexibility index (Phi) is 7.00. The van der Waals surface area contributed by atoms with E-state index in [0.29, 0.717) is 0 Å². The van der Waals surface area contributed by atoms with Gasteiger partial charge < -0.3 is 26.2 Å². The highest BCUT2D eigenvalue weighted by Crippen LogP contribution is 1.94. The van der Waals surface area contributed by atoms with Crippen LogP contribution in [0.5, 0.6) is 0 Å². The minimum absolute atomic E-state index is 0.0258. The zero-order chi connectivity index (χ0) is 18.1. The maximum Gasteiger partial charge on any atom is 0.326 e. The average molecular weight is 342 g/mol. The lowest BCUT2D eigenvalue weighted by atomic mass is 10.2. The van der Waals surface area contributed by atoms with Crippen molar-refractivity contribution < 1.29 is 33.8 Å². The smallest absolute Gasteiger partial charge is 0.326 e. The first-order valence-electron chi connectivity index (χ1n) is 6.56. The Balaban J connectivity index is 2.32. The second-order valence-corrected chi connectivity index (χ2v) is 4.39. The molecule has 1 heterocycles. The summed E-state index contributed by atoms with van der Waals surface area (Å²) in [6.45, 7) is -0.0897. The first kappa shape index (κ1) is 18.7. The quantitative estimate of drug-likeness (QED) is 0.358. The van der Waals surface area contributed by atoms with Gasteiger partial charge in [-0.1, -0.05) is 0 Å². The minimum Gasteiger partial charge on any atom is -0.481 e. The molecule has 0 aliphatic carbocycles. The van der Waals surface area contributed by atoms with E-state index in [1.807, 2.05) is 5.32 Å². The molecule has 5 N–H and O–H groups in total. The van der Waals surface area contributed by atoms with Gasteiger partial charge in [0.25, 0.3) is 5.91 Å². The van der Waals surface area contributed by atoms with Gasteiger partial charge in [-0.05, 0) is 12.1 Å². The van der Waals surface area contributed by atoms with Gasteiger partial charge in [0.2, 0.25) is 5.95 Å². The van der Waals surface area contributed by atoms with Crippen molar-refractivity contribution in [3.8, 4) is 0 Å². The van der Waals surface area contributed by atoms with Crippen LogP contribution in [0.2, 0.25) is 0 Å². The maximum atomic E-state index is 12.5. The van der Waals surface area contributed by atoms with Crippen molar-refractivity contribution in [2.24, 2.45) is 0 Å². The molecule has 0 radical (unpaired) electrons. The first-order valence-corrected chi connectivity index (χ1v) is 6.56. The number of aromatic nitrogens is 2. The molecule has 0 fully saturated rings. The summed E-state index contributed by atoms with van der Waals surface area (Å²) in [7, 11) is 0. The van der Waals surface area contributed by atoms with Gasteiger partial charge in [0.05, 0.1) is 6.42 Å². The van der Waals surface area contributed by atoms with Crippen molar-refractivity contribution in [2.75, 3.05) is 13.1 Å². The second kappa shape index (κ2) is 8.97. The van der Waals surface area contributed by atoms with Gasteiger partial charge in [0.15, 0.2) is 5.69 Å². The SMILES string of the molecule is O=C(O)C[C@H](NC(=O)NCCNC(=O)c1ccc([18F])nn1)C(=O)O. The largest absolute Gasteiger partial charge is 0.481 e. The Bertz CT molecular complexity index is 623.